The normalized spacial score (nSPS) is 11.5. The van der Waals surface area contributed by atoms with Gasteiger partial charge in [-0.25, -0.2) is 4.79 Å². The number of azide groups is 1. The fraction of sp³-hybridized carbons (Fsp3) is 0.417. The molecule has 0 aromatic heterocycles. The Balaban J connectivity index is 2.89. The van der Waals surface area contributed by atoms with Gasteiger partial charge in [-0.2, -0.15) is 0 Å². The van der Waals surface area contributed by atoms with Gasteiger partial charge in [-0.05, 0) is 29.6 Å². The highest BCUT2D eigenvalue weighted by Crippen LogP contribution is 2.25. The number of hydrogen-bond donors (Lipinski definition) is 1. The average Bonchev–Trinajstić information content (AvgIpc) is 2.39. The van der Waals surface area contributed by atoms with Crippen molar-refractivity contribution in [2.24, 2.45) is 5.11 Å². The number of nitrogens with one attached hydrogen (secondary N) is 1. The van der Waals surface area contributed by atoms with Gasteiger partial charge in [-0.1, -0.05) is 33.2 Å². The van der Waals surface area contributed by atoms with Crippen LogP contribution in [0.15, 0.2) is 27.8 Å². The summed E-state index contributed by atoms with van der Waals surface area (Å²) >= 11 is 3.44. The Kier molecular flexibility index (Phi) is 6.35. The fourth-order valence-corrected chi connectivity index (χ4v) is 2.33. The molecule has 0 aliphatic rings. The van der Waals surface area contributed by atoms with E-state index in [9.17, 15) is 4.79 Å². The molecule has 0 amide bonds. The summed E-state index contributed by atoms with van der Waals surface area (Å²) in [7, 11) is 1.34. The third-order valence-corrected chi connectivity index (χ3v) is 3.21. The molecule has 0 saturated heterocycles. The Morgan fingerprint density at radius 1 is 1.63 bits per heavy atom. The molecule has 1 rings (SSSR count). The Morgan fingerprint density at radius 3 is 2.95 bits per heavy atom. The van der Waals surface area contributed by atoms with E-state index in [2.05, 4.69) is 31.3 Å². The standard InChI is InChI=1S/C12H15BrN4O2/c1-8-3-4-9(10(13)7-8)11(12(18)19-2)15-5-6-16-17-14/h3-4,7,11,15H,5-6H2,1-2H3. The Labute approximate surface area is 119 Å². The number of aryl methyl sites for hydroxylation is 1. The molecule has 102 valence electrons. The fourth-order valence-electron chi connectivity index (χ4n) is 1.61. The van der Waals surface area contributed by atoms with Crippen molar-refractivity contribution < 1.29 is 9.53 Å². The van der Waals surface area contributed by atoms with E-state index in [0.29, 0.717) is 6.54 Å². The van der Waals surface area contributed by atoms with Gasteiger partial charge in [-0.15, -0.1) is 0 Å². The molecule has 0 aliphatic heterocycles. The van der Waals surface area contributed by atoms with Crippen LogP contribution < -0.4 is 5.32 Å². The van der Waals surface area contributed by atoms with Crippen LogP contribution in [-0.2, 0) is 9.53 Å². The van der Waals surface area contributed by atoms with Gasteiger partial charge in [0, 0.05) is 22.5 Å². The summed E-state index contributed by atoms with van der Waals surface area (Å²) in [6.07, 6.45) is 0. The van der Waals surface area contributed by atoms with Gasteiger partial charge >= 0.3 is 5.97 Å². The van der Waals surface area contributed by atoms with Crippen molar-refractivity contribution in [1.82, 2.24) is 5.32 Å². The smallest absolute Gasteiger partial charge is 0.327 e. The number of rotatable bonds is 6. The summed E-state index contributed by atoms with van der Waals surface area (Å²) in [6.45, 7) is 2.63. The zero-order valence-corrected chi connectivity index (χ0v) is 12.3. The summed E-state index contributed by atoms with van der Waals surface area (Å²) in [5, 5.41) is 6.43. The highest BCUT2D eigenvalue weighted by atomic mass is 79.9. The van der Waals surface area contributed by atoms with Crippen LogP contribution in [0.25, 0.3) is 10.4 Å². The minimum absolute atomic E-state index is 0.271. The van der Waals surface area contributed by atoms with Crippen molar-refractivity contribution in [1.29, 1.82) is 0 Å². The topological polar surface area (TPSA) is 87.1 Å². The van der Waals surface area contributed by atoms with Crippen molar-refractivity contribution in [3.8, 4) is 0 Å². The second-order valence-corrected chi connectivity index (χ2v) is 4.74. The molecule has 1 atom stereocenters. The molecule has 1 aromatic carbocycles. The minimum atomic E-state index is -0.589. The van der Waals surface area contributed by atoms with E-state index in [-0.39, 0.29) is 12.5 Å². The van der Waals surface area contributed by atoms with Crippen molar-refractivity contribution in [3.63, 3.8) is 0 Å². The molecule has 1 aromatic rings. The molecule has 0 saturated carbocycles. The first kappa shape index (κ1) is 15.5. The summed E-state index contributed by atoms with van der Waals surface area (Å²) in [6, 6.07) is 5.13. The molecule has 7 heteroatoms. The number of ether oxygens (including phenoxy) is 1. The highest BCUT2D eigenvalue weighted by molar-refractivity contribution is 9.10. The lowest BCUT2D eigenvalue weighted by atomic mass is 10.1. The molecule has 0 bridgehead atoms. The SMILES string of the molecule is COC(=O)C(NCCN=[N+]=[N-])c1ccc(C)cc1Br. The zero-order valence-electron chi connectivity index (χ0n) is 10.8. The van der Waals surface area contributed by atoms with Gasteiger partial charge < -0.3 is 10.1 Å². The summed E-state index contributed by atoms with van der Waals surface area (Å²) < 4.78 is 5.62. The van der Waals surface area contributed by atoms with Crippen molar-refractivity contribution >= 4 is 21.9 Å². The summed E-state index contributed by atoms with van der Waals surface area (Å²) in [5.74, 6) is -0.384. The first-order chi connectivity index (χ1) is 9.10. The molecule has 1 unspecified atom stereocenters. The van der Waals surface area contributed by atoms with Crippen LogP contribution in [-0.4, -0.2) is 26.2 Å². The van der Waals surface area contributed by atoms with Crippen LogP contribution in [0.4, 0.5) is 0 Å². The molecular formula is C12H15BrN4O2. The minimum Gasteiger partial charge on any atom is -0.468 e. The number of methoxy groups -OCH3 is 1. The van der Waals surface area contributed by atoms with E-state index in [1.165, 1.54) is 7.11 Å². The van der Waals surface area contributed by atoms with Crippen LogP contribution in [0.3, 0.4) is 0 Å². The maximum Gasteiger partial charge on any atom is 0.327 e. The molecular weight excluding hydrogens is 312 g/mol. The Hall–Kier alpha value is -1.56. The van der Waals surface area contributed by atoms with Crippen LogP contribution >= 0.6 is 15.9 Å². The lowest BCUT2D eigenvalue weighted by Crippen LogP contribution is -2.31. The van der Waals surface area contributed by atoms with Gasteiger partial charge in [-0.3, -0.25) is 0 Å². The molecule has 19 heavy (non-hydrogen) atoms. The maximum absolute atomic E-state index is 11.8. The van der Waals surface area contributed by atoms with Crippen LogP contribution in [0.5, 0.6) is 0 Å². The van der Waals surface area contributed by atoms with Gasteiger partial charge in [0.25, 0.3) is 0 Å². The zero-order chi connectivity index (χ0) is 14.3. The third-order valence-electron chi connectivity index (χ3n) is 2.53. The van der Waals surface area contributed by atoms with Crippen LogP contribution in [0.1, 0.15) is 17.2 Å². The number of carbonyl (C=O) groups excluding carboxylic acids is 1. The van der Waals surface area contributed by atoms with E-state index >= 15 is 0 Å². The summed E-state index contributed by atoms with van der Waals surface area (Å²) in [4.78, 5) is 14.5. The van der Waals surface area contributed by atoms with E-state index in [4.69, 9.17) is 10.3 Å². The molecule has 0 radical (unpaired) electrons. The first-order valence-electron chi connectivity index (χ1n) is 5.68. The largest absolute Gasteiger partial charge is 0.468 e. The Bertz CT molecular complexity index is 501. The number of benzene rings is 1. The van der Waals surface area contributed by atoms with Crippen LogP contribution in [0, 0.1) is 6.92 Å². The highest BCUT2D eigenvalue weighted by Gasteiger charge is 2.22. The number of hydrogen-bond acceptors (Lipinski definition) is 4. The number of esters is 1. The predicted molar refractivity (Wildman–Crippen MR) is 75.7 cm³/mol. The monoisotopic (exact) mass is 326 g/mol. The number of carbonyl (C=O) groups is 1. The molecule has 0 fully saturated rings. The summed E-state index contributed by atoms with van der Waals surface area (Å²) in [5.41, 5.74) is 10.1. The third kappa shape index (κ3) is 4.55. The van der Waals surface area contributed by atoms with E-state index in [0.717, 1.165) is 15.6 Å². The van der Waals surface area contributed by atoms with Gasteiger partial charge in [0.15, 0.2) is 0 Å². The van der Waals surface area contributed by atoms with E-state index < -0.39 is 6.04 Å². The van der Waals surface area contributed by atoms with Crippen molar-refractivity contribution in [3.05, 3.63) is 44.2 Å². The Morgan fingerprint density at radius 2 is 2.37 bits per heavy atom. The second-order valence-electron chi connectivity index (χ2n) is 3.89. The average molecular weight is 327 g/mol. The molecule has 0 heterocycles. The number of nitrogens with zero attached hydrogens (tertiary/aromatic N) is 3. The second kappa shape index (κ2) is 7.78. The molecule has 6 nitrogen and oxygen atoms in total. The molecule has 1 N–H and O–H groups in total. The van der Waals surface area contributed by atoms with Crippen molar-refractivity contribution in [2.45, 2.75) is 13.0 Å². The lowest BCUT2D eigenvalue weighted by Gasteiger charge is -2.18. The first-order valence-corrected chi connectivity index (χ1v) is 6.47. The van der Waals surface area contributed by atoms with Crippen LogP contribution in [0.2, 0.25) is 0 Å². The maximum atomic E-state index is 11.8. The quantitative estimate of drug-likeness (QED) is 0.286. The van der Waals surface area contributed by atoms with Crippen molar-refractivity contribution in [2.75, 3.05) is 20.2 Å². The molecule has 0 spiro atoms. The van der Waals surface area contributed by atoms with Gasteiger partial charge in [0.2, 0.25) is 0 Å². The van der Waals surface area contributed by atoms with E-state index in [1.807, 2.05) is 25.1 Å². The van der Waals surface area contributed by atoms with Gasteiger partial charge in [0.1, 0.15) is 6.04 Å². The number of halogens is 1. The van der Waals surface area contributed by atoms with Gasteiger partial charge in [0.05, 0.1) is 7.11 Å². The predicted octanol–water partition coefficient (Wildman–Crippen LogP) is 2.87. The molecule has 0 aliphatic carbocycles. The van der Waals surface area contributed by atoms with E-state index in [1.54, 1.807) is 0 Å². The lowest BCUT2D eigenvalue weighted by molar-refractivity contribution is -0.143.